The molecule has 11 heteroatoms. The van der Waals surface area contributed by atoms with E-state index >= 15 is 0 Å². The molecule has 30 heavy (non-hydrogen) atoms. The van der Waals surface area contributed by atoms with Crippen LogP contribution < -0.4 is 10.2 Å². The molecule has 0 saturated carbocycles. The number of piperidine rings is 1. The fourth-order valence-electron chi connectivity index (χ4n) is 4.13. The minimum Gasteiger partial charge on any atom is -0.437 e. The Kier molecular flexibility index (Phi) is 6.50. The van der Waals surface area contributed by atoms with Crippen molar-refractivity contribution < 1.29 is 9.82 Å². The number of aryl methyl sites for hydroxylation is 1. The van der Waals surface area contributed by atoms with Crippen molar-refractivity contribution in [1.29, 1.82) is 0 Å². The van der Waals surface area contributed by atoms with Crippen molar-refractivity contribution in [3.63, 3.8) is 0 Å². The van der Waals surface area contributed by atoms with Crippen LogP contribution >= 0.6 is 0 Å². The van der Waals surface area contributed by atoms with Crippen LogP contribution in [0.25, 0.3) is 5.65 Å². The van der Waals surface area contributed by atoms with Crippen molar-refractivity contribution in [1.82, 2.24) is 34.8 Å². The number of hydrogen-bond acceptors (Lipinski definition) is 8. The number of hydrogen-bond donors (Lipinski definition) is 2. The summed E-state index contributed by atoms with van der Waals surface area (Å²) < 4.78 is 1.77. The molecule has 4 heterocycles. The summed E-state index contributed by atoms with van der Waals surface area (Å²) in [5.41, 5.74) is 0.703. The number of nitrogens with zero attached hydrogens (tertiary/aromatic N) is 7. The van der Waals surface area contributed by atoms with E-state index in [1.54, 1.807) is 11.3 Å². The Balaban J connectivity index is 1.32. The minimum atomic E-state index is -0.425. The van der Waals surface area contributed by atoms with Gasteiger partial charge in [0, 0.05) is 45.1 Å². The van der Waals surface area contributed by atoms with Crippen LogP contribution in [0.1, 0.15) is 25.1 Å². The Morgan fingerprint density at radius 2 is 1.90 bits per heavy atom. The first-order valence-corrected chi connectivity index (χ1v) is 10.9. The Morgan fingerprint density at radius 1 is 1.17 bits per heavy atom. The molecule has 10 nitrogen and oxygen atoms in total. The summed E-state index contributed by atoms with van der Waals surface area (Å²) in [4.78, 5) is 19.0. The summed E-state index contributed by atoms with van der Waals surface area (Å²) in [6, 6.07) is 4.10. The number of nitrogens with one attached hydrogen (secondary N) is 1. The lowest BCUT2D eigenvalue weighted by Gasteiger charge is -2.33. The number of carbonyl (C=O) groups is 1. The highest BCUT2D eigenvalue weighted by Gasteiger charge is 2.25. The van der Waals surface area contributed by atoms with Crippen molar-refractivity contribution >= 4 is 24.4 Å². The van der Waals surface area contributed by atoms with Crippen molar-refractivity contribution in [3.8, 4) is 0 Å². The molecule has 2 aromatic rings. The standard InChI is InChI=1S/C19H31BN8O2/c1-20(30)27-9-7-15(8-10-27)21-19(29)6-5-17-23-22-16-3-4-18(24-28(16)17)26-13-11-25(2)12-14-26/h3-4,15,30H,5-14H2,1-2H3,(H,21,29). The lowest BCUT2D eigenvalue weighted by molar-refractivity contribution is -0.122. The van der Waals surface area contributed by atoms with Gasteiger partial charge in [-0.05, 0) is 51.9 Å². The zero-order valence-electron chi connectivity index (χ0n) is 17.9. The molecule has 0 aromatic carbocycles. The first kappa shape index (κ1) is 21.0. The lowest BCUT2D eigenvalue weighted by Crippen LogP contribution is -2.49. The number of piperazine rings is 1. The molecule has 162 valence electrons. The van der Waals surface area contributed by atoms with Crippen molar-refractivity contribution in [2.24, 2.45) is 0 Å². The second kappa shape index (κ2) is 9.28. The van der Waals surface area contributed by atoms with Crippen molar-refractivity contribution in [3.05, 3.63) is 18.0 Å². The maximum absolute atomic E-state index is 12.4. The van der Waals surface area contributed by atoms with E-state index < -0.39 is 7.05 Å². The summed E-state index contributed by atoms with van der Waals surface area (Å²) in [6.07, 6.45) is 2.58. The van der Waals surface area contributed by atoms with E-state index in [-0.39, 0.29) is 11.9 Å². The number of likely N-dealkylation sites (N-methyl/N-ethyl adjacent to an activating group) is 1. The molecule has 0 unspecified atom stereocenters. The molecule has 2 fully saturated rings. The highest BCUT2D eigenvalue weighted by molar-refractivity contribution is 6.45. The number of carbonyl (C=O) groups excluding carboxylic acids is 1. The van der Waals surface area contributed by atoms with Crippen molar-refractivity contribution in [2.45, 2.75) is 38.5 Å². The van der Waals surface area contributed by atoms with Gasteiger partial charge < -0.3 is 25.0 Å². The average molecular weight is 414 g/mol. The normalized spacial score (nSPS) is 19.4. The molecular formula is C19H31BN8O2. The Bertz CT molecular complexity index is 859. The van der Waals surface area contributed by atoms with E-state index in [1.807, 2.05) is 16.9 Å². The predicted molar refractivity (Wildman–Crippen MR) is 115 cm³/mol. The molecular weight excluding hydrogens is 383 g/mol. The SMILES string of the molecule is CB(O)N1CCC(NC(=O)CCc2nnc3ccc(N4CCN(C)CC4)nn23)CC1. The van der Waals surface area contributed by atoms with Gasteiger partial charge in [0.05, 0.1) is 0 Å². The second-order valence-corrected chi connectivity index (χ2v) is 8.38. The van der Waals surface area contributed by atoms with Gasteiger partial charge in [-0.25, -0.2) is 0 Å². The molecule has 2 N–H and O–H groups in total. The van der Waals surface area contributed by atoms with Gasteiger partial charge in [-0.15, -0.1) is 15.3 Å². The van der Waals surface area contributed by atoms with E-state index in [2.05, 4.69) is 32.4 Å². The summed E-state index contributed by atoms with van der Waals surface area (Å²) in [6.45, 7) is 7.32. The largest absolute Gasteiger partial charge is 0.437 e. The first-order chi connectivity index (χ1) is 14.5. The number of rotatable bonds is 6. The van der Waals surface area contributed by atoms with Crippen LogP contribution in [0, 0.1) is 0 Å². The average Bonchev–Trinajstić information content (AvgIpc) is 3.15. The fraction of sp³-hybridized carbons (Fsp3) is 0.684. The third kappa shape index (κ3) is 4.90. The third-order valence-corrected chi connectivity index (χ3v) is 6.14. The number of amides is 1. The summed E-state index contributed by atoms with van der Waals surface area (Å²) in [7, 11) is 1.71. The van der Waals surface area contributed by atoms with Gasteiger partial charge >= 0.3 is 7.05 Å². The maximum atomic E-state index is 12.4. The maximum Gasteiger partial charge on any atom is 0.376 e. The minimum absolute atomic E-state index is 0.0254. The van der Waals surface area contributed by atoms with E-state index in [1.165, 1.54) is 0 Å². The van der Waals surface area contributed by atoms with Gasteiger partial charge in [-0.1, -0.05) is 0 Å². The monoisotopic (exact) mass is 414 g/mol. The molecule has 0 radical (unpaired) electrons. The van der Waals surface area contributed by atoms with E-state index in [0.717, 1.165) is 57.9 Å². The smallest absolute Gasteiger partial charge is 0.376 e. The van der Waals surface area contributed by atoms with Gasteiger partial charge in [0.15, 0.2) is 11.5 Å². The predicted octanol–water partition coefficient (Wildman–Crippen LogP) is -0.500. The first-order valence-electron chi connectivity index (χ1n) is 10.9. The van der Waals surface area contributed by atoms with Gasteiger partial charge in [0.1, 0.15) is 5.82 Å². The molecule has 0 bridgehead atoms. The summed E-state index contributed by atoms with van der Waals surface area (Å²) in [5.74, 6) is 1.66. The second-order valence-electron chi connectivity index (χ2n) is 8.38. The quantitative estimate of drug-likeness (QED) is 0.611. The number of fused-ring (bicyclic) bond motifs is 1. The molecule has 2 aliphatic rings. The molecule has 0 spiro atoms. The Hall–Kier alpha value is -2.24. The van der Waals surface area contributed by atoms with E-state index in [0.29, 0.717) is 24.3 Å². The Morgan fingerprint density at radius 3 is 2.60 bits per heavy atom. The van der Waals surface area contributed by atoms with Gasteiger partial charge in [-0.3, -0.25) is 4.79 Å². The van der Waals surface area contributed by atoms with Crippen LogP contribution in [0.4, 0.5) is 5.82 Å². The molecule has 1 amide bonds. The third-order valence-electron chi connectivity index (χ3n) is 6.14. The van der Waals surface area contributed by atoms with Crippen LogP contribution in [0.3, 0.4) is 0 Å². The zero-order valence-corrected chi connectivity index (χ0v) is 17.9. The molecule has 2 aliphatic heterocycles. The summed E-state index contributed by atoms with van der Waals surface area (Å²) in [5, 5.41) is 26.0. The van der Waals surface area contributed by atoms with Crippen LogP contribution in [0.15, 0.2) is 12.1 Å². The van der Waals surface area contributed by atoms with Crippen LogP contribution in [-0.4, -0.2) is 99.9 Å². The van der Waals surface area contributed by atoms with E-state index in [4.69, 9.17) is 5.10 Å². The van der Waals surface area contributed by atoms with Crippen LogP contribution in [0.5, 0.6) is 0 Å². The zero-order chi connectivity index (χ0) is 21.1. The van der Waals surface area contributed by atoms with Gasteiger partial charge in [0.2, 0.25) is 5.91 Å². The number of anilines is 1. The molecule has 2 saturated heterocycles. The lowest BCUT2D eigenvalue weighted by atomic mass is 9.82. The van der Waals surface area contributed by atoms with Gasteiger partial charge in [0.25, 0.3) is 0 Å². The summed E-state index contributed by atoms with van der Waals surface area (Å²) >= 11 is 0. The highest BCUT2D eigenvalue weighted by Crippen LogP contribution is 2.15. The number of aromatic nitrogens is 4. The van der Waals surface area contributed by atoms with Crippen LogP contribution in [-0.2, 0) is 11.2 Å². The fourth-order valence-corrected chi connectivity index (χ4v) is 4.13. The van der Waals surface area contributed by atoms with Crippen LogP contribution in [0.2, 0.25) is 6.82 Å². The molecule has 2 aromatic heterocycles. The van der Waals surface area contributed by atoms with E-state index in [9.17, 15) is 9.82 Å². The van der Waals surface area contributed by atoms with Gasteiger partial charge in [-0.2, -0.15) is 4.52 Å². The topological polar surface area (TPSA) is 102 Å². The molecule has 0 atom stereocenters. The Labute approximate surface area is 177 Å². The highest BCUT2D eigenvalue weighted by atomic mass is 16.2. The molecule has 4 rings (SSSR count). The molecule has 0 aliphatic carbocycles. The van der Waals surface area contributed by atoms with Crippen molar-refractivity contribution in [2.75, 3.05) is 51.2 Å².